The Morgan fingerprint density at radius 3 is 2.22 bits per heavy atom. The van der Waals surface area contributed by atoms with E-state index in [9.17, 15) is 18.0 Å². The van der Waals surface area contributed by atoms with E-state index in [1.165, 1.54) is 12.1 Å². The first-order valence-electron chi connectivity index (χ1n) is 8.42. The zero-order valence-electron chi connectivity index (χ0n) is 15.3. The van der Waals surface area contributed by atoms with Gasteiger partial charge in [0.25, 0.3) is 5.91 Å². The van der Waals surface area contributed by atoms with Gasteiger partial charge in [0.1, 0.15) is 0 Å². The van der Waals surface area contributed by atoms with E-state index in [0.717, 1.165) is 5.56 Å². The zero-order valence-corrected chi connectivity index (χ0v) is 16.1. The third-order valence-corrected chi connectivity index (χ3v) is 5.26. The van der Waals surface area contributed by atoms with Gasteiger partial charge in [0.15, 0.2) is 0 Å². The summed E-state index contributed by atoms with van der Waals surface area (Å²) >= 11 is 0. The van der Waals surface area contributed by atoms with Crippen molar-refractivity contribution < 1.29 is 18.0 Å². The maximum Gasteiger partial charge on any atom is 0.251 e. The van der Waals surface area contributed by atoms with Gasteiger partial charge in [-0.2, -0.15) is 0 Å². The van der Waals surface area contributed by atoms with Crippen molar-refractivity contribution in [2.24, 2.45) is 5.14 Å². The summed E-state index contributed by atoms with van der Waals surface area (Å²) in [6.45, 7) is 2.07. The van der Waals surface area contributed by atoms with Gasteiger partial charge in [0, 0.05) is 25.6 Å². The van der Waals surface area contributed by atoms with Gasteiger partial charge in [0.05, 0.1) is 10.9 Å². The summed E-state index contributed by atoms with van der Waals surface area (Å²) in [5, 5.41) is 7.81. The highest BCUT2D eigenvalue weighted by Crippen LogP contribution is 2.21. The Bertz CT molecular complexity index is 896. The van der Waals surface area contributed by atoms with E-state index in [0.29, 0.717) is 5.56 Å². The number of benzene rings is 2. The highest BCUT2D eigenvalue weighted by molar-refractivity contribution is 7.89. The number of sulfonamides is 1. The van der Waals surface area contributed by atoms with Crippen molar-refractivity contribution in [3.8, 4) is 0 Å². The van der Waals surface area contributed by atoms with Gasteiger partial charge < -0.3 is 10.2 Å². The Morgan fingerprint density at radius 1 is 1.07 bits per heavy atom. The smallest absolute Gasteiger partial charge is 0.251 e. The minimum atomic E-state index is -3.75. The van der Waals surface area contributed by atoms with E-state index in [4.69, 9.17) is 5.14 Å². The molecule has 144 valence electrons. The van der Waals surface area contributed by atoms with Crippen LogP contribution < -0.4 is 10.5 Å². The van der Waals surface area contributed by atoms with Crippen LogP contribution >= 0.6 is 0 Å². The summed E-state index contributed by atoms with van der Waals surface area (Å²) in [6, 6.07) is 14.6. The quantitative estimate of drug-likeness (QED) is 0.750. The average molecular weight is 389 g/mol. The standard InChI is InChI=1S/C19H23N3O4S/c1-14(15-8-10-17(11-9-15)27(20,25)26)22(2)18(23)12-13-21-19(24)16-6-4-3-5-7-16/h3-11,14H,12-13H2,1-2H3,(H,21,24)(H2,20,25,26)/t14-/m0/s1. The fraction of sp³-hybridized carbons (Fsp3) is 0.263. The number of hydrogen-bond acceptors (Lipinski definition) is 4. The fourth-order valence-corrected chi connectivity index (χ4v) is 3.04. The Morgan fingerprint density at radius 2 is 1.67 bits per heavy atom. The lowest BCUT2D eigenvalue weighted by atomic mass is 10.1. The van der Waals surface area contributed by atoms with Crippen LogP contribution in [0.25, 0.3) is 0 Å². The maximum absolute atomic E-state index is 12.4. The molecule has 2 aromatic carbocycles. The van der Waals surface area contributed by atoms with Crippen LogP contribution in [0, 0.1) is 0 Å². The lowest BCUT2D eigenvalue weighted by Crippen LogP contribution is -2.33. The van der Waals surface area contributed by atoms with Crippen LogP contribution in [-0.4, -0.2) is 38.7 Å². The number of carbonyl (C=O) groups excluding carboxylic acids is 2. The fourth-order valence-electron chi connectivity index (χ4n) is 2.53. The molecule has 0 aromatic heterocycles. The molecule has 0 heterocycles. The Balaban J connectivity index is 1.89. The van der Waals surface area contributed by atoms with Crippen molar-refractivity contribution in [2.45, 2.75) is 24.3 Å². The van der Waals surface area contributed by atoms with Gasteiger partial charge in [-0.05, 0) is 36.8 Å². The van der Waals surface area contributed by atoms with Crippen LogP contribution in [-0.2, 0) is 14.8 Å². The van der Waals surface area contributed by atoms with Crippen molar-refractivity contribution in [1.29, 1.82) is 0 Å². The second kappa shape index (κ2) is 8.79. The van der Waals surface area contributed by atoms with Crippen LogP contribution in [0.5, 0.6) is 0 Å². The molecule has 0 fully saturated rings. The molecule has 3 N–H and O–H groups in total. The van der Waals surface area contributed by atoms with E-state index in [1.54, 1.807) is 48.3 Å². The van der Waals surface area contributed by atoms with Gasteiger partial charge in [-0.15, -0.1) is 0 Å². The number of hydrogen-bond donors (Lipinski definition) is 2. The average Bonchev–Trinajstić information content (AvgIpc) is 2.66. The van der Waals surface area contributed by atoms with Crippen molar-refractivity contribution in [2.75, 3.05) is 13.6 Å². The molecule has 2 amide bonds. The van der Waals surface area contributed by atoms with Gasteiger partial charge >= 0.3 is 0 Å². The predicted octanol–water partition coefficient (Wildman–Crippen LogP) is 1.67. The summed E-state index contributed by atoms with van der Waals surface area (Å²) in [5.41, 5.74) is 1.33. The number of carbonyl (C=O) groups is 2. The Labute approximate surface area is 159 Å². The molecule has 0 spiro atoms. The molecular weight excluding hydrogens is 366 g/mol. The normalized spacial score (nSPS) is 12.3. The predicted molar refractivity (Wildman–Crippen MR) is 102 cm³/mol. The summed E-state index contributed by atoms with van der Waals surface area (Å²) < 4.78 is 22.6. The highest BCUT2D eigenvalue weighted by Gasteiger charge is 2.18. The summed E-state index contributed by atoms with van der Waals surface area (Å²) in [6.07, 6.45) is 0.161. The molecule has 0 saturated carbocycles. The lowest BCUT2D eigenvalue weighted by Gasteiger charge is -2.25. The van der Waals surface area contributed by atoms with E-state index >= 15 is 0 Å². The van der Waals surface area contributed by atoms with Crippen LogP contribution in [0.2, 0.25) is 0 Å². The molecule has 2 rings (SSSR count). The molecule has 0 saturated heterocycles. The molecule has 8 heteroatoms. The van der Waals surface area contributed by atoms with E-state index in [-0.39, 0.29) is 35.7 Å². The first-order chi connectivity index (χ1) is 12.7. The second-order valence-electron chi connectivity index (χ2n) is 6.17. The first-order valence-corrected chi connectivity index (χ1v) is 9.96. The number of nitrogens with two attached hydrogens (primary N) is 1. The number of nitrogens with zero attached hydrogens (tertiary/aromatic N) is 1. The minimum absolute atomic E-state index is 0.0241. The molecule has 0 aliphatic heterocycles. The first kappa shape index (κ1) is 20.6. The van der Waals surface area contributed by atoms with Gasteiger partial charge in [0.2, 0.25) is 15.9 Å². The number of rotatable bonds is 7. The number of amides is 2. The van der Waals surface area contributed by atoms with Gasteiger partial charge in [-0.25, -0.2) is 13.6 Å². The third kappa shape index (κ3) is 5.63. The number of nitrogens with one attached hydrogen (secondary N) is 1. The van der Waals surface area contributed by atoms with Crippen LogP contribution in [0.1, 0.15) is 35.3 Å². The molecule has 2 aromatic rings. The van der Waals surface area contributed by atoms with Gasteiger partial charge in [-0.1, -0.05) is 30.3 Å². The maximum atomic E-state index is 12.4. The van der Waals surface area contributed by atoms with Crippen molar-refractivity contribution in [3.05, 3.63) is 65.7 Å². The minimum Gasteiger partial charge on any atom is -0.352 e. The van der Waals surface area contributed by atoms with Gasteiger partial charge in [-0.3, -0.25) is 9.59 Å². The molecule has 0 aliphatic carbocycles. The van der Waals surface area contributed by atoms with Crippen molar-refractivity contribution in [3.63, 3.8) is 0 Å². The van der Waals surface area contributed by atoms with Crippen LogP contribution in [0.3, 0.4) is 0 Å². The van der Waals surface area contributed by atoms with Crippen LogP contribution in [0.15, 0.2) is 59.5 Å². The highest BCUT2D eigenvalue weighted by atomic mass is 32.2. The topological polar surface area (TPSA) is 110 Å². The molecule has 0 radical (unpaired) electrons. The summed E-state index contributed by atoms with van der Waals surface area (Å²) in [4.78, 5) is 25.9. The summed E-state index contributed by atoms with van der Waals surface area (Å²) in [5.74, 6) is -0.357. The van der Waals surface area contributed by atoms with E-state index in [1.807, 2.05) is 13.0 Å². The Hall–Kier alpha value is -2.71. The number of primary sulfonamides is 1. The molecule has 27 heavy (non-hydrogen) atoms. The third-order valence-electron chi connectivity index (χ3n) is 4.33. The SMILES string of the molecule is C[C@@H](c1ccc(S(N)(=O)=O)cc1)N(C)C(=O)CCNC(=O)c1ccccc1. The van der Waals surface area contributed by atoms with E-state index < -0.39 is 10.0 Å². The molecular formula is C19H23N3O4S. The summed E-state index contributed by atoms with van der Waals surface area (Å²) in [7, 11) is -2.08. The second-order valence-corrected chi connectivity index (χ2v) is 7.73. The van der Waals surface area contributed by atoms with Crippen molar-refractivity contribution >= 4 is 21.8 Å². The lowest BCUT2D eigenvalue weighted by molar-refractivity contribution is -0.131. The van der Waals surface area contributed by atoms with E-state index in [2.05, 4.69) is 5.32 Å². The zero-order chi connectivity index (χ0) is 20.0. The Kier molecular flexibility index (Phi) is 6.70. The molecule has 7 nitrogen and oxygen atoms in total. The molecule has 0 bridgehead atoms. The largest absolute Gasteiger partial charge is 0.352 e. The van der Waals surface area contributed by atoms with Crippen LogP contribution in [0.4, 0.5) is 0 Å². The monoisotopic (exact) mass is 389 g/mol. The van der Waals surface area contributed by atoms with Crippen molar-refractivity contribution in [1.82, 2.24) is 10.2 Å². The molecule has 0 unspecified atom stereocenters. The molecule has 1 atom stereocenters. The molecule has 0 aliphatic rings.